The van der Waals surface area contributed by atoms with Gasteiger partial charge in [-0.15, -0.1) is 0 Å². The van der Waals surface area contributed by atoms with Gasteiger partial charge in [-0.25, -0.2) is 5.43 Å². The fraction of sp³-hybridized carbons (Fsp3) is 0.0952. The van der Waals surface area contributed by atoms with Crippen LogP contribution in [0, 0.1) is 13.8 Å². The summed E-state index contributed by atoms with van der Waals surface area (Å²) in [4.78, 5) is 23.9. The second-order valence-electron chi connectivity index (χ2n) is 6.10. The molecule has 130 valence electrons. The molecule has 0 heterocycles. The van der Waals surface area contributed by atoms with E-state index in [4.69, 9.17) is 0 Å². The zero-order valence-corrected chi connectivity index (χ0v) is 14.6. The molecule has 0 aliphatic carbocycles. The topological polar surface area (TPSA) is 70.6 Å². The number of benzene rings is 3. The van der Waals surface area contributed by atoms with Gasteiger partial charge in [0.1, 0.15) is 0 Å². The van der Waals surface area contributed by atoms with Gasteiger partial charge in [0, 0.05) is 11.3 Å². The molecule has 3 aromatic rings. The van der Waals surface area contributed by atoms with E-state index in [1.807, 2.05) is 62.4 Å². The van der Waals surface area contributed by atoms with Crippen molar-refractivity contribution in [1.29, 1.82) is 0 Å². The molecule has 0 spiro atoms. The number of aryl methyl sites for hydroxylation is 2. The SMILES string of the molecule is Cc1cc(C)cc(NC(=O)C(=O)N/N=C\c2cccc3ccccc23)c1. The minimum Gasteiger partial charge on any atom is -0.318 e. The normalized spacial score (nSPS) is 10.8. The molecule has 0 radical (unpaired) electrons. The third kappa shape index (κ3) is 4.13. The van der Waals surface area contributed by atoms with Crippen molar-refractivity contribution < 1.29 is 9.59 Å². The molecule has 0 saturated heterocycles. The second kappa shape index (κ2) is 7.61. The Kier molecular flexibility index (Phi) is 5.08. The smallest absolute Gasteiger partial charge is 0.318 e. The lowest BCUT2D eigenvalue weighted by Crippen LogP contribution is -2.32. The van der Waals surface area contributed by atoms with Gasteiger partial charge in [-0.2, -0.15) is 5.10 Å². The summed E-state index contributed by atoms with van der Waals surface area (Å²) in [6.45, 7) is 3.86. The minimum absolute atomic E-state index is 0.584. The second-order valence-corrected chi connectivity index (χ2v) is 6.10. The van der Waals surface area contributed by atoms with Crippen molar-refractivity contribution >= 4 is 34.5 Å². The van der Waals surface area contributed by atoms with Crippen molar-refractivity contribution in [3.63, 3.8) is 0 Å². The van der Waals surface area contributed by atoms with Crippen LogP contribution in [0.25, 0.3) is 10.8 Å². The molecule has 0 unspecified atom stereocenters. The van der Waals surface area contributed by atoms with Gasteiger partial charge >= 0.3 is 11.8 Å². The van der Waals surface area contributed by atoms with Gasteiger partial charge in [0.25, 0.3) is 0 Å². The van der Waals surface area contributed by atoms with Crippen molar-refractivity contribution in [2.45, 2.75) is 13.8 Å². The molecule has 5 nitrogen and oxygen atoms in total. The Balaban J connectivity index is 1.66. The van der Waals surface area contributed by atoms with Crippen molar-refractivity contribution in [3.8, 4) is 0 Å². The van der Waals surface area contributed by atoms with Crippen molar-refractivity contribution in [3.05, 3.63) is 77.4 Å². The maximum Gasteiger partial charge on any atom is 0.329 e. The Labute approximate surface area is 151 Å². The standard InChI is InChI=1S/C21H19N3O2/c1-14-10-15(2)12-18(11-14)23-20(25)21(26)24-22-13-17-8-5-7-16-6-3-4-9-19(16)17/h3-13H,1-2H3,(H,23,25)(H,24,26)/b22-13-. The minimum atomic E-state index is -0.819. The Bertz CT molecular complexity index is 984. The van der Waals surface area contributed by atoms with E-state index in [2.05, 4.69) is 15.8 Å². The molecular weight excluding hydrogens is 326 g/mol. The number of hydrazone groups is 1. The average Bonchev–Trinajstić information content (AvgIpc) is 2.61. The Morgan fingerprint density at radius 1 is 0.885 bits per heavy atom. The van der Waals surface area contributed by atoms with Crippen molar-refractivity contribution in [2.24, 2.45) is 5.10 Å². The molecule has 3 aromatic carbocycles. The lowest BCUT2D eigenvalue weighted by Gasteiger charge is -2.06. The van der Waals surface area contributed by atoms with Gasteiger partial charge in [-0.1, -0.05) is 48.5 Å². The van der Waals surface area contributed by atoms with E-state index >= 15 is 0 Å². The number of anilines is 1. The zero-order chi connectivity index (χ0) is 18.5. The highest BCUT2D eigenvalue weighted by atomic mass is 16.2. The number of rotatable bonds is 3. The van der Waals surface area contributed by atoms with Gasteiger partial charge < -0.3 is 5.32 Å². The molecule has 3 rings (SSSR count). The summed E-state index contributed by atoms with van der Waals surface area (Å²) in [6.07, 6.45) is 1.53. The highest BCUT2D eigenvalue weighted by Crippen LogP contribution is 2.16. The van der Waals surface area contributed by atoms with E-state index in [-0.39, 0.29) is 0 Å². The molecule has 0 aliphatic rings. The van der Waals surface area contributed by atoms with Crippen LogP contribution in [0.4, 0.5) is 5.69 Å². The lowest BCUT2D eigenvalue weighted by atomic mass is 10.1. The molecule has 0 aromatic heterocycles. The maximum atomic E-state index is 12.0. The Hall–Kier alpha value is -3.47. The van der Waals surface area contributed by atoms with Gasteiger partial charge in [0.2, 0.25) is 0 Å². The van der Waals surface area contributed by atoms with E-state index in [9.17, 15) is 9.59 Å². The first-order valence-electron chi connectivity index (χ1n) is 8.23. The fourth-order valence-electron chi connectivity index (χ4n) is 2.81. The number of hydrogen-bond acceptors (Lipinski definition) is 3. The molecule has 2 N–H and O–H groups in total. The summed E-state index contributed by atoms with van der Waals surface area (Å²) >= 11 is 0. The van der Waals surface area contributed by atoms with Crippen LogP contribution < -0.4 is 10.7 Å². The predicted octanol–water partition coefficient (Wildman–Crippen LogP) is 3.55. The molecule has 0 bridgehead atoms. The van der Waals surface area contributed by atoms with Crippen molar-refractivity contribution in [2.75, 3.05) is 5.32 Å². The first-order valence-corrected chi connectivity index (χ1v) is 8.23. The van der Waals surface area contributed by atoms with Crippen LogP contribution >= 0.6 is 0 Å². The summed E-state index contributed by atoms with van der Waals surface area (Å²) in [5.74, 6) is -1.58. The summed E-state index contributed by atoms with van der Waals surface area (Å²) < 4.78 is 0. The van der Waals surface area contributed by atoms with Gasteiger partial charge in [-0.05, 0) is 47.9 Å². The molecule has 0 saturated carbocycles. The first kappa shape index (κ1) is 17.4. The fourth-order valence-corrected chi connectivity index (χ4v) is 2.81. The molecule has 26 heavy (non-hydrogen) atoms. The first-order chi connectivity index (χ1) is 12.5. The molecule has 2 amide bonds. The van der Waals surface area contributed by atoms with Crippen LogP contribution in [-0.4, -0.2) is 18.0 Å². The average molecular weight is 345 g/mol. The van der Waals surface area contributed by atoms with Crippen LogP contribution in [0.3, 0.4) is 0 Å². The maximum absolute atomic E-state index is 12.0. The number of hydrogen-bond donors (Lipinski definition) is 2. The van der Waals surface area contributed by atoms with E-state index < -0.39 is 11.8 Å². The predicted molar refractivity (Wildman–Crippen MR) is 104 cm³/mol. The molecule has 0 atom stereocenters. The summed E-state index contributed by atoms with van der Waals surface area (Å²) in [7, 11) is 0. The number of fused-ring (bicyclic) bond motifs is 1. The van der Waals surface area contributed by atoms with Crippen molar-refractivity contribution in [1.82, 2.24) is 5.43 Å². The van der Waals surface area contributed by atoms with E-state index in [1.165, 1.54) is 6.21 Å². The van der Waals surface area contributed by atoms with E-state index in [0.717, 1.165) is 27.5 Å². The molecule has 0 fully saturated rings. The van der Waals surface area contributed by atoms with Gasteiger partial charge in [0.05, 0.1) is 6.21 Å². The quantitative estimate of drug-likeness (QED) is 0.433. The number of carbonyl (C=O) groups excluding carboxylic acids is 2. The Morgan fingerprint density at radius 3 is 2.35 bits per heavy atom. The Morgan fingerprint density at radius 2 is 1.58 bits per heavy atom. The van der Waals surface area contributed by atoms with E-state index in [0.29, 0.717) is 5.69 Å². The van der Waals surface area contributed by atoms with Gasteiger partial charge in [-0.3, -0.25) is 9.59 Å². The zero-order valence-electron chi connectivity index (χ0n) is 14.6. The lowest BCUT2D eigenvalue weighted by molar-refractivity contribution is -0.136. The highest BCUT2D eigenvalue weighted by Gasteiger charge is 2.13. The third-order valence-electron chi connectivity index (χ3n) is 3.88. The highest BCUT2D eigenvalue weighted by molar-refractivity contribution is 6.39. The number of amides is 2. The summed E-state index contributed by atoms with van der Waals surface area (Å²) in [5, 5.41) is 8.58. The molecule has 0 aliphatic heterocycles. The number of carbonyl (C=O) groups is 2. The summed E-state index contributed by atoms with van der Waals surface area (Å²) in [5.41, 5.74) is 5.72. The number of nitrogens with one attached hydrogen (secondary N) is 2. The molecule has 5 heteroatoms. The van der Waals surface area contributed by atoms with Crippen LogP contribution in [0.5, 0.6) is 0 Å². The van der Waals surface area contributed by atoms with E-state index in [1.54, 1.807) is 12.1 Å². The van der Waals surface area contributed by atoms with Gasteiger partial charge in [0.15, 0.2) is 0 Å². The molecular formula is C21H19N3O2. The largest absolute Gasteiger partial charge is 0.329 e. The van der Waals surface area contributed by atoms with Crippen LogP contribution in [0.1, 0.15) is 16.7 Å². The van der Waals surface area contributed by atoms with Crippen LogP contribution in [0.15, 0.2) is 65.8 Å². The van der Waals surface area contributed by atoms with Crippen LogP contribution in [0.2, 0.25) is 0 Å². The number of nitrogens with zero attached hydrogens (tertiary/aromatic N) is 1. The third-order valence-corrected chi connectivity index (χ3v) is 3.88. The van der Waals surface area contributed by atoms with Crippen LogP contribution in [-0.2, 0) is 9.59 Å². The monoisotopic (exact) mass is 345 g/mol. The summed E-state index contributed by atoms with van der Waals surface area (Å²) in [6, 6.07) is 19.3.